The lowest BCUT2D eigenvalue weighted by Crippen LogP contribution is -2.14. The third kappa shape index (κ3) is 4.84. The molecular weight excluding hydrogens is 281 g/mol. The number of halogens is 1. The maximum absolute atomic E-state index is 13.1. The average Bonchev–Trinajstić information content (AvgIpc) is 2.52. The fraction of sp³-hybridized carbons (Fsp3) is 0.294. The third-order valence-corrected chi connectivity index (χ3v) is 3.19. The number of aromatic nitrogens is 1. The first kappa shape index (κ1) is 15.9. The number of unbranched alkanes of at least 4 members (excludes halogenated alkanes) is 2. The molecule has 1 amide bonds. The summed E-state index contributed by atoms with van der Waals surface area (Å²) in [5.74, 6) is -0.750. The molecule has 0 aliphatic rings. The Labute approximate surface area is 129 Å². The molecular formula is C17H20FN3O. The summed E-state index contributed by atoms with van der Waals surface area (Å²) < 4.78 is 13.1. The topological polar surface area (TPSA) is 54.0 Å². The van der Waals surface area contributed by atoms with Gasteiger partial charge in [0.2, 0.25) is 0 Å². The molecule has 0 aliphatic heterocycles. The third-order valence-electron chi connectivity index (χ3n) is 3.19. The number of nitrogens with zero attached hydrogens (tertiary/aromatic N) is 1. The fourth-order valence-electron chi connectivity index (χ4n) is 2.00. The van der Waals surface area contributed by atoms with Crippen molar-refractivity contribution in [1.82, 2.24) is 4.98 Å². The Bertz CT molecular complexity index is 614. The van der Waals surface area contributed by atoms with Gasteiger partial charge in [-0.05, 0) is 36.8 Å². The number of hydrogen-bond donors (Lipinski definition) is 2. The number of carbonyl (C=O) groups excluding carboxylic acids is 1. The first-order chi connectivity index (χ1) is 10.7. The lowest BCUT2D eigenvalue weighted by Gasteiger charge is -2.07. The smallest absolute Gasteiger partial charge is 0.274 e. The maximum Gasteiger partial charge on any atom is 0.274 e. The van der Waals surface area contributed by atoms with Crippen molar-refractivity contribution in [2.75, 3.05) is 17.2 Å². The summed E-state index contributed by atoms with van der Waals surface area (Å²) in [5.41, 5.74) is 1.59. The quantitative estimate of drug-likeness (QED) is 0.758. The Hall–Kier alpha value is -2.43. The Morgan fingerprint density at radius 1 is 1.18 bits per heavy atom. The Balaban J connectivity index is 1.90. The molecule has 0 saturated carbocycles. The van der Waals surface area contributed by atoms with Crippen LogP contribution in [0.25, 0.3) is 0 Å². The molecule has 4 nitrogen and oxygen atoms in total. The molecule has 1 aromatic heterocycles. The van der Waals surface area contributed by atoms with Gasteiger partial charge in [0.25, 0.3) is 5.91 Å². The predicted octanol–water partition coefficient (Wildman–Crippen LogP) is 4.08. The van der Waals surface area contributed by atoms with E-state index in [1.54, 1.807) is 24.4 Å². The summed E-state index contributed by atoms with van der Waals surface area (Å²) in [5, 5.41) is 5.88. The number of nitrogens with one attached hydrogen (secondary N) is 2. The predicted molar refractivity (Wildman–Crippen MR) is 86.6 cm³/mol. The van der Waals surface area contributed by atoms with Crippen LogP contribution in [0.2, 0.25) is 0 Å². The molecule has 1 heterocycles. The second kappa shape index (κ2) is 8.12. The zero-order chi connectivity index (χ0) is 15.8. The van der Waals surface area contributed by atoms with Crippen LogP contribution in [-0.4, -0.2) is 17.4 Å². The Morgan fingerprint density at radius 2 is 2.05 bits per heavy atom. The van der Waals surface area contributed by atoms with Gasteiger partial charge in [0.15, 0.2) is 0 Å². The zero-order valence-corrected chi connectivity index (χ0v) is 12.6. The monoisotopic (exact) mass is 301 g/mol. The highest BCUT2D eigenvalue weighted by atomic mass is 19.1. The van der Waals surface area contributed by atoms with Crippen molar-refractivity contribution in [3.8, 4) is 0 Å². The van der Waals surface area contributed by atoms with Crippen LogP contribution >= 0.6 is 0 Å². The van der Waals surface area contributed by atoms with Crippen molar-refractivity contribution < 1.29 is 9.18 Å². The van der Waals surface area contributed by atoms with E-state index >= 15 is 0 Å². The van der Waals surface area contributed by atoms with Gasteiger partial charge in [-0.15, -0.1) is 0 Å². The van der Waals surface area contributed by atoms with Crippen LogP contribution in [0.3, 0.4) is 0 Å². The summed E-state index contributed by atoms with van der Waals surface area (Å²) in [6.45, 7) is 3.05. The van der Waals surface area contributed by atoms with Crippen molar-refractivity contribution in [2.45, 2.75) is 26.2 Å². The van der Waals surface area contributed by atoms with Crippen LogP contribution in [-0.2, 0) is 0 Å². The molecule has 0 radical (unpaired) electrons. The molecule has 2 rings (SSSR count). The number of rotatable bonds is 7. The van der Waals surface area contributed by atoms with Gasteiger partial charge < -0.3 is 10.6 Å². The molecule has 0 spiro atoms. The standard InChI is InChI=1S/C17H20FN3O/c1-2-3-4-10-19-15-8-9-16(20-12-15)17(22)21-14-7-5-6-13(18)11-14/h5-9,11-12,19H,2-4,10H2,1H3,(H,21,22). The highest BCUT2D eigenvalue weighted by Crippen LogP contribution is 2.12. The van der Waals surface area contributed by atoms with Gasteiger partial charge in [-0.3, -0.25) is 4.79 Å². The summed E-state index contributed by atoms with van der Waals surface area (Å²) in [7, 11) is 0. The van der Waals surface area contributed by atoms with E-state index in [9.17, 15) is 9.18 Å². The van der Waals surface area contributed by atoms with E-state index in [0.29, 0.717) is 11.4 Å². The molecule has 0 fully saturated rings. The first-order valence-corrected chi connectivity index (χ1v) is 7.46. The number of carbonyl (C=O) groups is 1. The van der Waals surface area contributed by atoms with Crippen LogP contribution in [0.4, 0.5) is 15.8 Å². The van der Waals surface area contributed by atoms with Gasteiger partial charge >= 0.3 is 0 Å². The molecule has 0 bridgehead atoms. The SMILES string of the molecule is CCCCCNc1ccc(C(=O)Nc2cccc(F)c2)nc1. The summed E-state index contributed by atoms with van der Waals surface area (Å²) in [4.78, 5) is 16.1. The minimum absolute atomic E-state index is 0.295. The van der Waals surface area contributed by atoms with Crippen LogP contribution in [0.15, 0.2) is 42.6 Å². The van der Waals surface area contributed by atoms with Crippen molar-refractivity contribution in [3.63, 3.8) is 0 Å². The van der Waals surface area contributed by atoms with E-state index in [2.05, 4.69) is 22.5 Å². The van der Waals surface area contributed by atoms with E-state index in [0.717, 1.165) is 18.7 Å². The number of anilines is 2. The lowest BCUT2D eigenvalue weighted by atomic mass is 10.2. The lowest BCUT2D eigenvalue weighted by molar-refractivity contribution is 0.102. The molecule has 22 heavy (non-hydrogen) atoms. The van der Waals surface area contributed by atoms with Gasteiger partial charge in [0.05, 0.1) is 11.9 Å². The number of pyridine rings is 1. The van der Waals surface area contributed by atoms with Crippen molar-refractivity contribution in [2.24, 2.45) is 0 Å². The summed E-state index contributed by atoms with van der Waals surface area (Å²) >= 11 is 0. The first-order valence-electron chi connectivity index (χ1n) is 7.46. The Kier molecular flexibility index (Phi) is 5.89. The molecule has 0 atom stereocenters. The van der Waals surface area contributed by atoms with Gasteiger partial charge in [-0.2, -0.15) is 0 Å². The number of benzene rings is 1. The summed E-state index contributed by atoms with van der Waals surface area (Å²) in [6, 6.07) is 9.23. The normalized spacial score (nSPS) is 10.3. The minimum atomic E-state index is -0.391. The average molecular weight is 301 g/mol. The second-order valence-corrected chi connectivity index (χ2v) is 5.03. The van der Waals surface area contributed by atoms with Crippen LogP contribution < -0.4 is 10.6 Å². The molecule has 116 valence electrons. The maximum atomic E-state index is 13.1. The fourth-order valence-corrected chi connectivity index (χ4v) is 2.00. The largest absolute Gasteiger partial charge is 0.384 e. The Morgan fingerprint density at radius 3 is 2.73 bits per heavy atom. The van der Waals surface area contributed by atoms with E-state index in [1.807, 2.05) is 6.07 Å². The minimum Gasteiger partial charge on any atom is -0.384 e. The van der Waals surface area contributed by atoms with Gasteiger partial charge in [0, 0.05) is 12.2 Å². The highest BCUT2D eigenvalue weighted by molar-refractivity contribution is 6.02. The zero-order valence-electron chi connectivity index (χ0n) is 12.6. The number of hydrogen-bond acceptors (Lipinski definition) is 3. The molecule has 0 aliphatic carbocycles. The molecule has 0 saturated heterocycles. The van der Waals surface area contributed by atoms with E-state index in [1.165, 1.54) is 25.0 Å². The van der Waals surface area contributed by atoms with Crippen LogP contribution in [0, 0.1) is 5.82 Å². The molecule has 2 N–H and O–H groups in total. The van der Waals surface area contributed by atoms with Crippen LogP contribution in [0.1, 0.15) is 36.7 Å². The van der Waals surface area contributed by atoms with Crippen molar-refractivity contribution >= 4 is 17.3 Å². The van der Waals surface area contributed by atoms with Gasteiger partial charge in [-0.1, -0.05) is 25.8 Å². The van der Waals surface area contributed by atoms with Crippen molar-refractivity contribution in [3.05, 3.63) is 54.1 Å². The van der Waals surface area contributed by atoms with E-state index in [4.69, 9.17) is 0 Å². The molecule has 0 unspecified atom stereocenters. The molecule has 1 aromatic carbocycles. The van der Waals surface area contributed by atoms with Gasteiger partial charge in [-0.25, -0.2) is 9.37 Å². The highest BCUT2D eigenvalue weighted by Gasteiger charge is 2.08. The molecule has 2 aromatic rings. The van der Waals surface area contributed by atoms with Crippen LogP contribution in [0.5, 0.6) is 0 Å². The summed E-state index contributed by atoms with van der Waals surface area (Å²) in [6.07, 6.45) is 5.11. The second-order valence-electron chi connectivity index (χ2n) is 5.03. The van der Waals surface area contributed by atoms with Gasteiger partial charge in [0.1, 0.15) is 11.5 Å². The van der Waals surface area contributed by atoms with Crippen molar-refractivity contribution in [1.29, 1.82) is 0 Å². The van der Waals surface area contributed by atoms with E-state index < -0.39 is 5.82 Å². The number of amides is 1. The van der Waals surface area contributed by atoms with E-state index in [-0.39, 0.29) is 5.91 Å². The molecule has 5 heteroatoms.